The molecule has 4 nitrogen and oxygen atoms in total. The quantitative estimate of drug-likeness (QED) is 0.496. The SMILES string of the molecule is Clc1ccc(C=NNc2ncnc3sc4c(c23)CCCC4)cc1Cl. The van der Waals surface area contributed by atoms with E-state index in [-0.39, 0.29) is 0 Å². The van der Waals surface area contributed by atoms with E-state index in [0.717, 1.165) is 34.4 Å². The summed E-state index contributed by atoms with van der Waals surface area (Å²) in [5, 5.41) is 6.46. The molecule has 4 rings (SSSR count). The molecule has 0 saturated heterocycles. The molecule has 1 aromatic carbocycles. The molecule has 24 heavy (non-hydrogen) atoms. The van der Waals surface area contributed by atoms with Crippen LogP contribution in [0.1, 0.15) is 28.8 Å². The molecular weight excluding hydrogens is 363 g/mol. The standard InChI is InChI=1S/C17H14Cl2N4S/c18-12-6-5-10(7-13(12)19)8-22-23-16-15-11-3-1-2-4-14(11)24-17(15)21-9-20-16/h5-9H,1-4H2,(H,20,21,23). The number of thiophene rings is 1. The van der Waals surface area contributed by atoms with Crippen molar-refractivity contribution in [2.75, 3.05) is 5.43 Å². The van der Waals surface area contributed by atoms with Crippen LogP contribution in [0.5, 0.6) is 0 Å². The maximum atomic E-state index is 6.02. The number of aromatic nitrogens is 2. The van der Waals surface area contributed by atoms with Gasteiger partial charge in [0.1, 0.15) is 11.2 Å². The highest BCUT2D eigenvalue weighted by atomic mass is 35.5. The highest BCUT2D eigenvalue weighted by Gasteiger charge is 2.19. The highest BCUT2D eigenvalue weighted by Crippen LogP contribution is 2.38. The van der Waals surface area contributed by atoms with Crippen molar-refractivity contribution in [1.29, 1.82) is 0 Å². The Morgan fingerprint density at radius 2 is 2.00 bits per heavy atom. The number of nitrogens with zero attached hydrogens (tertiary/aromatic N) is 3. The van der Waals surface area contributed by atoms with Crippen molar-refractivity contribution < 1.29 is 0 Å². The number of nitrogens with one attached hydrogen (secondary N) is 1. The second kappa shape index (κ2) is 6.67. The van der Waals surface area contributed by atoms with Gasteiger partial charge < -0.3 is 0 Å². The Kier molecular flexibility index (Phi) is 4.39. The van der Waals surface area contributed by atoms with Gasteiger partial charge >= 0.3 is 0 Å². The third-order valence-corrected chi connectivity index (χ3v) is 6.02. The number of benzene rings is 1. The predicted molar refractivity (Wildman–Crippen MR) is 102 cm³/mol. The van der Waals surface area contributed by atoms with Crippen molar-refractivity contribution >= 4 is 56.8 Å². The van der Waals surface area contributed by atoms with Crippen molar-refractivity contribution in [1.82, 2.24) is 9.97 Å². The molecule has 0 unspecified atom stereocenters. The first-order valence-corrected chi connectivity index (χ1v) is 9.29. The van der Waals surface area contributed by atoms with Crippen LogP contribution < -0.4 is 5.43 Å². The van der Waals surface area contributed by atoms with Crippen molar-refractivity contribution in [2.24, 2.45) is 5.10 Å². The van der Waals surface area contributed by atoms with E-state index in [2.05, 4.69) is 20.5 Å². The molecular formula is C17H14Cl2N4S. The summed E-state index contributed by atoms with van der Waals surface area (Å²) < 4.78 is 0. The second-order valence-electron chi connectivity index (χ2n) is 5.66. The van der Waals surface area contributed by atoms with Gasteiger partial charge in [0.15, 0.2) is 5.82 Å². The van der Waals surface area contributed by atoms with Gasteiger partial charge in [0.05, 0.1) is 21.6 Å². The van der Waals surface area contributed by atoms with Crippen LogP contribution in [0.2, 0.25) is 10.0 Å². The van der Waals surface area contributed by atoms with Gasteiger partial charge in [0.2, 0.25) is 0 Å². The Morgan fingerprint density at radius 3 is 2.88 bits per heavy atom. The van der Waals surface area contributed by atoms with Crippen LogP contribution in [0.15, 0.2) is 29.6 Å². The van der Waals surface area contributed by atoms with E-state index in [0.29, 0.717) is 10.0 Å². The number of hydrogen-bond acceptors (Lipinski definition) is 5. The lowest BCUT2D eigenvalue weighted by Crippen LogP contribution is -2.00. The Morgan fingerprint density at radius 1 is 1.12 bits per heavy atom. The summed E-state index contributed by atoms with van der Waals surface area (Å²) in [7, 11) is 0. The monoisotopic (exact) mass is 376 g/mol. The number of halogens is 2. The summed E-state index contributed by atoms with van der Waals surface area (Å²) in [4.78, 5) is 11.3. The van der Waals surface area contributed by atoms with Crippen LogP contribution in [-0.4, -0.2) is 16.2 Å². The maximum absolute atomic E-state index is 6.02. The van der Waals surface area contributed by atoms with Gasteiger partial charge in [-0.15, -0.1) is 11.3 Å². The van der Waals surface area contributed by atoms with Crippen LogP contribution in [0, 0.1) is 0 Å². The van der Waals surface area contributed by atoms with Crippen LogP contribution >= 0.6 is 34.5 Å². The molecule has 0 amide bonds. The van der Waals surface area contributed by atoms with E-state index in [1.165, 1.54) is 23.3 Å². The Balaban J connectivity index is 1.63. The predicted octanol–water partition coefficient (Wildman–Crippen LogP) is 5.32. The molecule has 0 bridgehead atoms. The van der Waals surface area contributed by atoms with E-state index in [1.54, 1.807) is 36.0 Å². The number of hydrogen-bond donors (Lipinski definition) is 1. The largest absolute Gasteiger partial charge is 0.261 e. The molecule has 0 spiro atoms. The minimum absolute atomic E-state index is 0.511. The zero-order valence-electron chi connectivity index (χ0n) is 12.7. The molecule has 0 saturated carbocycles. The van der Waals surface area contributed by atoms with E-state index >= 15 is 0 Å². The summed E-state index contributed by atoms with van der Waals surface area (Å²) in [6.07, 6.45) is 8.00. The fraction of sp³-hybridized carbons (Fsp3) is 0.235. The average molecular weight is 377 g/mol. The van der Waals surface area contributed by atoms with Crippen LogP contribution in [0.4, 0.5) is 5.82 Å². The first-order chi connectivity index (χ1) is 11.7. The molecule has 3 aromatic rings. The van der Waals surface area contributed by atoms with Gasteiger partial charge in [0, 0.05) is 4.88 Å². The fourth-order valence-electron chi connectivity index (χ4n) is 2.94. The first kappa shape index (κ1) is 15.8. The van der Waals surface area contributed by atoms with Crippen molar-refractivity contribution in [3.63, 3.8) is 0 Å². The summed E-state index contributed by atoms with van der Waals surface area (Å²) in [6.45, 7) is 0. The minimum atomic E-state index is 0.511. The van der Waals surface area contributed by atoms with Gasteiger partial charge in [-0.05, 0) is 48.9 Å². The Bertz CT molecular complexity index is 936. The molecule has 7 heteroatoms. The third kappa shape index (κ3) is 2.99. The van der Waals surface area contributed by atoms with E-state index in [4.69, 9.17) is 23.2 Å². The van der Waals surface area contributed by atoms with Crippen LogP contribution in [-0.2, 0) is 12.8 Å². The molecule has 2 aromatic heterocycles. The normalized spacial score (nSPS) is 14.2. The molecule has 0 fully saturated rings. The number of aryl methyl sites for hydroxylation is 2. The smallest absolute Gasteiger partial charge is 0.158 e. The summed E-state index contributed by atoms with van der Waals surface area (Å²) in [6, 6.07) is 5.39. The van der Waals surface area contributed by atoms with Gasteiger partial charge in [0.25, 0.3) is 0 Å². The number of fused-ring (bicyclic) bond motifs is 3. The zero-order chi connectivity index (χ0) is 16.5. The maximum Gasteiger partial charge on any atom is 0.158 e. The lowest BCUT2D eigenvalue weighted by Gasteiger charge is -2.11. The minimum Gasteiger partial charge on any atom is -0.261 e. The lowest BCUT2D eigenvalue weighted by atomic mass is 9.97. The van der Waals surface area contributed by atoms with Crippen LogP contribution in [0.25, 0.3) is 10.2 Å². The molecule has 0 atom stereocenters. The lowest BCUT2D eigenvalue weighted by molar-refractivity contribution is 0.700. The van der Waals surface area contributed by atoms with Crippen molar-refractivity contribution in [3.05, 3.63) is 50.6 Å². The van der Waals surface area contributed by atoms with Crippen LogP contribution in [0.3, 0.4) is 0 Å². The molecule has 1 N–H and O–H groups in total. The number of rotatable bonds is 3. The Hall–Kier alpha value is -1.69. The van der Waals surface area contributed by atoms with E-state index in [1.807, 2.05) is 6.07 Å². The molecule has 0 radical (unpaired) electrons. The van der Waals surface area contributed by atoms with Gasteiger partial charge in [-0.1, -0.05) is 29.3 Å². The Labute approximate surface area is 153 Å². The average Bonchev–Trinajstić information content (AvgIpc) is 2.97. The third-order valence-electron chi connectivity index (χ3n) is 4.08. The van der Waals surface area contributed by atoms with E-state index < -0.39 is 0 Å². The topological polar surface area (TPSA) is 50.2 Å². The number of anilines is 1. The van der Waals surface area contributed by atoms with Gasteiger partial charge in [-0.25, -0.2) is 9.97 Å². The fourth-order valence-corrected chi connectivity index (χ4v) is 4.47. The van der Waals surface area contributed by atoms with Gasteiger partial charge in [-0.2, -0.15) is 5.10 Å². The van der Waals surface area contributed by atoms with Crippen molar-refractivity contribution in [3.8, 4) is 0 Å². The number of hydrazone groups is 1. The van der Waals surface area contributed by atoms with E-state index in [9.17, 15) is 0 Å². The summed E-state index contributed by atoms with van der Waals surface area (Å²) in [5.41, 5.74) is 5.31. The molecule has 1 aliphatic rings. The van der Waals surface area contributed by atoms with Crippen molar-refractivity contribution in [2.45, 2.75) is 25.7 Å². The van der Waals surface area contributed by atoms with Gasteiger partial charge in [-0.3, -0.25) is 5.43 Å². The summed E-state index contributed by atoms with van der Waals surface area (Å²) in [5.74, 6) is 0.760. The highest BCUT2D eigenvalue weighted by molar-refractivity contribution is 7.19. The molecule has 2 heterocycles. The first-order valence-electron chi connectivity index (χ1n) is 7.72. The molecule has 0 aliphatic heterocycles. The molecule has 1 aliphatic carbocycles. The zero-order valence-corrected chi connectivity index (χ0v) is 15.0. The summed E-state index contributed by atoms with van der Waals surface area (Å²) >= 11 is 13.7. The molecule has 122 valence electrons. The second-order valence-corrected chi connectivity index (χ2v) is 7.55.